The van der Waals surface area contributed by atoms with E-state index in [0.717, 1.165) is 75.0 Å². The third-order valence-corrected chi connectivity index (χ3v) is 7.24. The minimum Gasteiger partial charge on any atom is -0.381 e. The number of rotatable bonds is 4. The molecule has 0 atom stereocenters. The average Bonchev–Trinajstić information content (AvgIpc) is 3.48. The van der Waals surface area contributed by atoms with E-state index >= 15 is 0 Å². The monoisotopic (exact) mass is 411 g/mol. The third kappa shape index (κ3) is 3.93. The lowest BCUT2D eigenvalue weighted by atomic mass is 10.1. The van der Waals surface area contributed by atoms with Crippen molar-refractivity contribution in [2.24, 2.45) is 0 Å². The molecule has 2 aromatic rings. The number of carbonyl (C=O) groups is 1. The molecule has 1 aliphatic carbocycles. The van der Waals surface area contributed by atoms with E-state index in [1.54, 1.807) is 7.11 Å². The van der Waals surface area contributed by atoms with Gasteiger partial charge in [-0.1, -0.05) is 12.8 Å². The van der Waals surface area contributed by atoms with Crippen molar-refractivity contribution in [1.29, 1.82) is 0 Å². The summed E-state index contributed by atoms with van der Waals surface area (Å²) in [5, 5.41) is 0.999. The second kappa shape index (κ2) is 8.55. The molecule has 0 spiro atoms. The maximum Gasteiger partial charge on any atom is 0.270 e. The molecule has 5 rings (SSSR count). The molecular weight excluding hydrogens is 378 g/mol. The van der Waals surface area contributed by atoms with Crippen LogP contribution in [0.4, 0.5) is 5.82 Å². The predicted octanol–water partition coefficient (Wildman–Crippen LogP) is 2.88. The van der Waals surface area contributed by atoms with E-state index in [4.69, 9.17) is 9.72 Å². The van der Waals surface area contributed by atoms with Crippen LogP contribution in [0.1, 0.15) is 49.0 Å². The highest BCUT2D eigenvalue weighted by atomic mass is 16.5. The number of nitrogens with zero attached hydrogens (tertiary/aromatic N) is 4. The van der Waals surface area contributed by atoms with E-state index in [2.05, 4.69) is 26.9 Å². The fraction of sp³-hybridized carbons (Fsp3) is 0.652. The maximum atomic E-state index is 12.9. The van der Waals surface area contributed by atoms with Gasteiger partial charge in [0.1, 0.15) is 17.2 Å². The Morgan fingerprint density at radius 1 is 1.03 bits per heavy atom. The normalized spacial score (nSPS) is 22.3. The average molecular weight is 412 g/mol. The highest BCUT2D eigenvalue weighted by Crippen LogP contribution is 2.26. The Bertz CT molecular complexity index is 875. The molecule has 2 saturated heterocycles. The van der Waals surface area contributed by atoms with E-state index in [-0.39, 0.29) is 12.0 Å². The molecule has 7 nitrogen and oxygen atoms in total. The van der Waals surface area contributed by atoms with Crippen LogP contribution >= 0.6 is 0 Å². The number of H-pyrrole nitrogens is 1. The SMILES string of the molecule is COC1CCN(C(=O)c2cc3ccc(N4CCN(C5CCCC5)CC4)nc3[nH]2)CC1. The van der Waals surface area contributed by atoms with Crippen LogP contribution in [0.15, 0.2) is 18.2 Å². The predicted molar refractivity (Wildman–Crippen MR) is 118 cm³/mol. The number of anilines is 1. The minimum absolute atomic E-state index is 0.0641. The zero-order valence-electron chi connectivity index (χ0n) is 18.0. The van der Waals surface area contributed by atoms with Crippen LogP contribution in [0.2, 0.25) is 0 Å². The number of methoxy groups -OCH3 is 1. The molecule has 2 aliphatic heterocycles. The number of nitrogens with one attached hydrogen (secondary N) is 1. The number of carbonyl (C=O) groups excluding carboxylic acids is 1. The van der Waals surface area contributed by atoms with Gasteiger partial charge in [0.05, 0.1) is 6.10 Å². The number of ether oxygens (including phenoxy) is 1. The summed E-state index contributed by atoms with van der Waals surface area (Å²) in [7, 11) is 1.75. The first kappa shape index (κ1) is 19.8. The Morgan fingerprint density at radius 2 is 1.77 bits per heavy atom. The number of aromatic amines is 1. The van der Waals surface area contributed by atoms with Gasteiger partial charge in [-0.15, -0.1) is 0 Å². The molecule has 4 heterocycles. The standard InChI is InChI=1S/C23H33N5O2/c1-30-19-8-10-28(11-9-19)23(29)20-16-17-6-7-21(25-22(17)24-20)27-14-12-26(13-15-27)18-4-2-3-5-18/h6-7,16,18-19H,2-5,8-15H2,1H3,(H,24,25). The number of hydrogen-bond acceptors (Lipinski definition) is 5. The van der Waals surface area contributed by atoms with E-state index in [0.29, 0.717) is 5.69 Å². The van der Waals surface area contributed by atoms with Crippen molar-refractivity contribution in [1.82, 2.24) is 19.8 Å². The first-order valence-electron chi connectivity index (χ1n) is 11.5. The molecule has 0 aromatic carbocycles. The first-order valence-corrected chi connectivity index (χ1v) is 11.5. The van der Waals surface area contributed by atoms with Crippen LogP contribution in [-0.2, 0) is 4.74 Å². The first-order chi connectivity index (χ1) is 14.7. The smallest absolute Gasteiger partial charge is 0.270 e. The molecule has 162 valence electrons. The number of piperazine rings is 1. The van der Waals surface area contributed by atoms with Crippen molar-refractivity contribution in [3.05, 3.63) is 23.9 Å². The topological polar surface area (TPSA) is 64.7 Å². The van der Waals surface area contributed by atoms with Crippen molar-refractivity contribution in [2.75, 3.05) is 51.3 Å². The van der Waals surface area contributed by atoms with Crippen LogP contribution in [0.5, 0.6) is 0 Å². The fourth-order valence-corrected chi connectivity index (χ4v) is 5.34. The van der Waals surface area contributed by atoms with Crippen LogP contribution < -0.4 is 4.90 Å². The van der Waals surface area contributed by atoms with Gasteiger partial charge in [0.2, 0.25) is 0 Å². The lowest BCUT2D eigenvalue weighted by Gasteiger charge is -2.38. The molecule has 3 fully saturated rings. The molecule has 0 radical (unpaired) electrons. The molecule has 1 amide bonds. The quantitative estimate of drug-likeness (QED) is 0.838. The summed E-state index contributed by atoms with van der Waals surface area (Å²) in [6, 6.07) is 6.92. The van der Waals surface area contributed by atoms with Gasteiger partial charge >= 0.3 is 0 Å². The molecule has 3 aliphatic rings. The van der Waals surface area contributed by atoms with Crippen molar-refractivity contribution in [3.63, 3.8) is 0 Å². The van der Waals surface area contributed by atoms with E-state index in [9.17, 15) is 4.79 Å². The second-order valence-corrected chi connectivity index (χ2v) is 8.98. The molecule has 30 heavy (non-hydrogen) atoms. The summed E-state index contributed by atoms with van der Waals surface area (Å²) in [4.78, 5) is 28.0. The summed E-state index contributed by atoms with van der Waals surface area (Å²) in [5.41, 5.74) is 1.44. The van der Waals surface area contributed by atoms with Crippen molar-refractivity contribution in [2.45, 2.75) is 50.7 Å². The van der Waals surface area contributed by atoms with Gasteiger partial charge in [-0.25, -0.2) is 4.98 Å². The molecule has 1 N–H and O–H groups in total. The minimum atomic E-state index is 0.0641. The molecular formula is C23H33N5O2. The summed E-state index contributed by atoms with van der Waals surface area (Å²) in [6.45, 7) is 5.78. The maximum absolute atomic E-state index is 12.9. The Kier molecular flexibility index (Phi) is 5.65. The van der Waals surface area contributed by atoms with E-state index in [1.165, 1.54) is 25.7 Å². The van der Waals surface area contributed by atoms with Gasteiger partial charge < -0.3 is 19.5 Å². The summed E-state index contributed by atoms with van der Waals surface area (Å²) >= 11 is 0. The van der Waals surface area contributed by atoms with Gasteiger partial charge in [-0.05, 0) is 43.9 Å². The molecule has 2 aromatic heterocycles. The van der Waals surface area contributed by atoms with Crippen LogP contribution in [0, 0.1) is 0 Å². The van der Waals surface area contributed by atoms with Crippen molar-refractivity contribution >= 4 is 22.8 Å². The molecule has 7 heteroatoms. The lowest BCUT2D eigenvalue weighted by molar-refractivity contribution is 0.0348. The highest BCUT2D eigenvalue weighted by Gasteiger charge is 2.27. The highest BCUT2D eigenvalue weighted by molar-refractivity contribution is 5.97. The third-order valence-electron chi connectivity index (χ3n) is 7.24. The van der Waals surface area contributed by atoms with Gasteiger partial charge in [-0.3, -0.25) is 9.69 Å². The zero-order chi connectivity index (χ0) is 20.5. The van der Waals surface area contributed by atoms with E-state index < -0.39 is 0 Å². The van der Waals surface area contributed by atoms with Crippen LogP contribution in [0.3, 0.4) is 0 Å². The lowest BCUT2D eigenvalue weighted by Crippen LogP contribution is -2.49. The van der Waals surface area contributed by atoms with Gasteiger partial charge in [0, 0.05) is 57.8 Å². The molecule has 0 bridgehead atoms. The zero-order valence-corrected chi connectivity index (χ0v) is 18.0. The van der Waals surface area contributed by atoms with Crippen molar-refractivity contribution in [3.8, 4) is 0 Å². The number of piperidine rings is 1. The van der Waals surface area contributed by atoms with Gasteiger partial charge in [0.15, 0.2) is 0 Å². The van der Waals surface area contributed by atoms with Gasteiger partial charge in [0.25, 0.3) is 5.91 Å². The Balaban J connectivity index is 1.25. The Morgan fingerprint density at radius 3 is 2.47 bits per heavy atom. The Labute approximate surface area is 178 Å². The largest absolute Gasteiger partial charge is 0.381 e. The number of likely N-dealkylation sites (tertiary alicyclic amines) is 1. The number of pyridine rings is 1. The van der Waals surface area contributed by atoms with Gasteiger partial charge in [-0.2, -0.15) is 0 Å². The number of fused-ring (bicyclic) bond motifs is 1. The van der Waals surface area contributed by atoms with Crippen molar-refractivity contribution < 1.29 is 9.53 Å². The summed E-state index contributed by atoms with van der Waals surface area (Å²) in [5.74, 6) is 1.07. The van der Waals surface area contributed by atoms with Crippen LogP contribution in [0.25, 0.3) is 11.0 Å². The molecule has 0 unspecified atom stereocenters. The Hall–Kier alpha value is -2.12. The van der Waals surface area contributed by atoms with Crippen LogP contribution in [-0.4, -0.2) is 84.2 Å². The number of aromatic nitrogens is 2. The number of amides is 1. The second-order valence-electron chi connectivity index (χ2n) is 8.98. The molecule has 1 saturated carbocycles. The van der Waals surface area contributed by atoms with E-state index in [1.807, 2.05) is 11.0 Å². The fourth-order valence-electron chi connectivity index (χ4n) is 5.34. The summed E-state index contributed by atoms with van der Waals surface area (Å²) in [6.07, 6.45) is 7.59. The summed E-state index contributed by atoms with van der Waals surface area (Å²) < 4.78 is 5.42. The number of hydrogen-bond donors (Lipinski definition) is 1.